The fourth-order valence-electron chi connectivity index (χ4n) is 9.34. The zero-order valence-electron chi connectivity index (χ0n) is 44.1. The van der Waals surface area contributed by atoms with Gasteiger partial charge in [-0.3, -0.25) is 19.2 Å². The average molecular weight is 1000 g/mol. The number of Topliss-reactive ketones (excluding diaryl/α,β-unsaturated/α-hetero) is 1. The highest BCUT2D eigenvalue weighted by Crippen LogP contribution is 2.38. The van der Waals surface area contributed by atoms with Crippen molar-refractivity contribution in [2.75, 3.05) is 6.54 Å². The van der Waals surface area contributed by atoms with Gasteiger partial charge in [-0.05, 0) is 92.8 Å². The van der Waals surface area contributed by atoms with E-state index >= 15 is 0 Å². The van der Waals surface area contributed by atoms with Crippen LogP contribution in [0.2, 0.25) is 5.04 Å². The third kappa shape index (κ3) is 15.4. The van der Waals surface area contributed by atoms with E-state index in [1.807, 2.05) is 111 Å². The van der Waals surface area contributed by atoms with E-state index in [1.54, 1.807) is 34.6 Å². The van der Waals surface area contributed by atoms with Crippen LogP contribution in [0.4, 0.5) is 4.79 Å². The molecule has 1 aliphatic rings. The molecule has 6 atom stereocenters. The van der Waals surface area contributed by atoms with Crippen molar-refractivity contribution in [3.63, 3.8) is 0 Å². The number of likely N-dealkylation sites (tertiary alicyclic amines) is 1. The molecule has 1 aliphatic heterocycles. The van der Waals surface area contributed by atoms with E-state index in [9.17, 15) is 28.8 Å². The molecule has 0 saturated carbocycles. The Balaban J connectivity index is 1.27. The molecule has 4 aromatic rings. The minimum Gasteiger partial charge on any atom is -0.459 e. The van der Waals surface area contributed by atoms with Gasteiger partial charge in [0.25, 0.3) is 8.32 Å². The van der Waals surface area contributed by atoms with Crippen LogP contribution in [-0.2, 0) is 50.9 Å². The topological polar surface area (TPSA) is 169 Å². The van der Waals surface area contributed by atoms with Crippen LogP contribution >= 0.6 is 0 Å². The average Bonchev–Trinajstić information content (AvgIpc) is 3.75. The minimum absolute atomic E-state index is 0.00375. The van der Waals surface area contributed by atoms with Gasteiger partial charge in [0.2, 0.25) is 17.7 Å². The monoisotopic (exact) mass is 1000 g/mol. The molecule has 1 saturated heterocycles. The highest BCUT2D eigenvalue weighted by Gasteiger charge is 2.52. The minimum atomic E-state index is -2.96. The van der Waals surface area contributed by atoms with E-state index < -0.39 is 73.5 Å². The molecule has 13 nitrogen and oxygen atoms in total. The van der Waals surface area contributed by atoms with Crippen LogP contribution in [0.25, 0.3) is 0 Å². The second kappa shape index (κ2) is 25.5. The molecule has 1 fully saturated rings. The Kier molecular flexibility index (Phi) is 20.1. The molecule has 0 bridgehead atoms. The number of hydrogen-bond donors (Lipinski definition) is 3. The van der Waals surface area contributed by atoms with Crippen LogP contribution < -0.4 is 26.3 Å². The largest absolute Gasteiger partial charge is 0.459 e. The summed E-state index contributed by atoms with van der Waals surface area (Å²) in [6, 6.07) is 36.0. The Labute approximate surface area is 428 Å². The molecule has 5 rings (SSSR count). The van der Waals surface area contributed by atoms with Gasteiger partial charge in [-0.15, -0.1) is 0 Å². The zero-order chi connectivity index (χ0) is 52.7. The predicted molar refractivity (Wildman–Crippen MR) is 284 cm³/mol. The molecule has 4 aromatic carbocycles. The summed E-state index contributed by atoms with van der Waals surface area (Å²) in [6.07, 6.45) is 1.24. The SMILES string of the molecule is CC[C@](C)(NC(=O)[C@H](CCCCCC(=O)[C@@H](C)O[Si](c1ccccc1)(c1ccccc1)C(C)(C)C)NC(=O)OC(C)(C)C)C(=O)N[C@@H](Cc1ccccc1)C(=O)N1C[C@@H](C)C[C@@H]1C(=O)OCc1ccccc1. The summed E-state index contributed by atoms with van der Waals surface area (Å²) in [5.41, 5.74) is -0.760. The number of ketones is 1. The maximum Gasteiger partial charge on any atom is 0.408 e. The van der Waals surface area contributed by atoms with Gasteiger partial charge in [0, 0.05) is 19.4 Å². The van der Waals surface area contributed by atoms with E-state index in [0.717, 1.165) is 21.5 Å². The highest BCUT2D eigenvalue weighted by atomic mass is 28.4. The summed E-state index contributed by atoms with van der Waals surface area (Å²) in [5, 5.41) is 10.5. The van der Waals surface area contributed by atoms with Crippen molar-refractivity contribution in [2.45, 2.75) is 168 Å². The molecule has 0 spiro atoms. The second-order valence-corrected chi connectivity index (χ2v) is 25.8. The standard InChI is InChI=1S/C58H78N4O9Si/c1-11-58(10,54(67)59-48(38-43-27-17-12-18-28-43)52(65)62-39-41(2)37-49(62)53(66)69-40-44-29-19-13-20-30-44)61-51(64)47(60-55(68)70-56(4,5)6)35-25-16-26-36-50(63)42(3)71-72(57(7,8)9,45-31-21-14-22-32-45)46-33-23-15-24-34-46/h12-15,17-24,27-34,41-42,47-49H,11,16,25-26,35-40H2,1-10H3,(H,59,67)(H,60,68)(H,61,64)/t41-,42+,47-,48-,49+,58-/m0/s1. The maximum atomic E-state index is 14.6. The molecule has 0 aromatic heterocycles. The fraction of sp³-hybridized carbons (Fsp3) is 0.483. The first-order chi connectivity index (χ1) is 34.1. The second-order valence-electron chi connectivity index (χ2n) is 21.5. The number of alkyl carbamates (subject to hydrolysis) is 1. The fourth-order valence-corrected chi connectivity index (χ4v) is 14.0. The van der Waals surface area contributed by atoms with Crippen molar-refractivity contribution in [2.24, 2.45) is 5.92 Å². The molecule has 14 heteroatoms. The number of ether oxygens (including phenoxy) is 2. The number of carbonyl (C=O) groups excluding carboxylic acids is 6. The van der Waals surface area contributed by atoms with Gasteiger partial charge in [0.1, 0.15) is 42.0 Å². The van der Waals surface area contributed by atoms with Crippen LogP contribution in [0.1, 0.15) is 125 Å². The van der Waals surface area contributed by atoms with E-state index in [2.05, 4.69) is 61.0 Å². The van der Waals surface area contributed by atoms with Gasteiger partial charge in [0.05, 0.1) is 0 Å². The van der Waals surface area contributed by atoms with Gasteiger partial charge < -0.3 is 34.8 Å². The van der Waals surface area contributed by atoms with Crippen LogP contribution in [0.5, 0.6) is 0 Å². The lowest BCUT2D eigenvalue weighted by Crippen LogP contribution is -2.68. The third-order valence-corrected chi connectivity index (χ3v) is 18.5. The van der Waals surface area contributed by atoms with Gasteiger partial charge in [0.15, 0.2) is 5.78 Å². The molecule has 0 aliphatic carbocycles. The van der Waals surface area contributed by atoms with E-state index in [-0.39, 0.29) is 49.0 Å². The summed E-state index contributed by atoms with van der Waals surface area (Å²) < 4.78 is 18.3. The number of nitrogens with zero attached hydrogens (tertiary/aromatic N) is 1. The van der Waals surface area contributed by atoms with Crippen molar-refractivity contribution in [1.29, 1.82) is 0 Å². The molecular weight excluding hydrogens is 925 g/mol. The number of unbranched alkanes of at least 4 members (excludes halogenated alkanes) is 2. The number of carbonyl (C=O) groups is 6. The maximum absolute atomic E-state index is 14.6. The Morgan fingerprint density at radius 3 is 1.78 bits per heavy atom. The third-order valence-electron chi connectivity index (χ3n) is 13.4. The number of esters is 1. The summed E-state index contributed by atoms with van der Waals surface area (Å²) in [6.45, 7) is 19.2. The quantitative estimate of drug-likeness (QED) is 0.0376. The number of nitrogens with one attached hydrogen (secondary N) is 3. The molecule has 4 amide bonds. The van der Waals surface area contributed by atoms with Crippen LogP contribution in [-0.4, -0.2) is 90.7 Å². The molecule has 0 unspecified atom stereocenters. The zero-order valence-corrected chi connectivity index (χ0v) is 45.1. The summed E-state index contributed by atoms with van der Waals surface area (Å²) >= 11 is 0. The molecule has 72 heavy (non-hydrogen) atoms. The van der Waals surface area contributed by atoms with E-state index in [0.29, 0.717) is 32.2 Å². The number of rotatable bonds is 23. The number of amides is 4. The molecule has 1 heterocycles. The molecule has 388 valence electrons. The lowest BCUT2D eigenvalue weighted by Gasteiger charge is -2.44. The first kappa shape index (κ1) is 56.8. The van der Waals surface area contributed by atoms with Crippen LogP contribution in [0, 0.1) is 5.92 Å². The van der Waals surface area contributed by atoms with E-state index in [4.69, 9.17) is 13.9 Å². The summed E-state index contributed by atoms with van der Waals surface area (Å²) in [4.78, 5) is 85.5. The highest BCUT2D eigenvalue weighted by molar-refractivity contribution is 6.99. The van der Waals surface area contributed by atoms with Gasteiger partial charge >= 0.3 is 12.1 Å². The molecular formula is C58H78N4O9Si. The molecule has 0 radical (unpaired) electrons. The Morgan fingerprint density at radius 1 is 0.708 bits per heavy atom. The number of benzene rings is 4. The predicted octanol–water partition coefficient (Wildman–Crippen LogP) is 8.36. The van der Waals surface area contributed by atoms with Crippen LogP contribution in [0.15, 0.2) is 121 Å². The van der Waals surface area contributed by atoms with Crippen molar-refractivity contribution in [1.82, 2.24) is 20.9 Å². The van der Waals surface area contributed by atoms with Crippen molar-refractivity contribution < 1.29 is 42.7 Å². The lowest BCUT2D eigenvalue weighted by molar-refractivity contribution is -0.155. The Bertz CT molecular complexity index is 2370. The van der Waals surface area contributed by atoms with Gasteiger partial charge in [-0.25, -0.2) is 9.59 Å². The smallest absolute Gasteiger partial charge is 0.408 e. The lowest BCUT2D eigenvalue weighted by atomic mass is 9.94. The Hall–Kier alpha value is -6.12. The summed E-state index contributed by atoms with van der Waals surface area (Å²) in [7, 11) is -2.96. The summed E-state index contributed by atoms with van der Waals surface area (Å²) in [5.74, 6) is -2.18. The first-order valence-electron chi connectivity index (χ1n) is 25.6. The number of hydrogen-bond acceptors (Lipinski definition) is 9. The van der Waals surface area contributed by atoms with Crippen molar-refractivity contribution >= 4 is 54.3 Å². The van der Waals surface area contributed by atoms with Gasteiger partial charge in [-0.1, -0.05) is 169 Å². The van der Waals surface area contributed by atoms with Crippen LogP contribution in [0.3, 0.4) is 0 Å². The van der Waals surface area contributed by atoms with E-state index in [1.165, 1.54) is 4.90 Å². The van der Waals surface area contributed by atoms with Crippen molar-refractivity contribution in [3.05, 3.63) is 132 Å². The first-order valence-corrected chi connectivity index (χ1v) is 27.5. The Morgan fingerprint density at radius 2 is 1.25 bits per heavy atom. The van der Waals surface area contributed by atoms with Crippen molar-refractivity contribution in [3.8, 4) is 0 Å². The molecule has 3 N–H and O–H groups in total. The normalized spacial score (nSPS) is 17.1. The van der Waals surface area contributed by atoms with Gasteiger partial charge in [-0.2, -0.15) is 0 Å².